The maximum Gasteiger partial charge on any atom is 0.0594 e. The van der Waals surface area contributed by atoms with Gasteiger partial charge in [0.1, 0.15) is 0 Å². The lowest BCUT2D eigenvalue weighted by molar-refractivity contribution is 0.0365. The molecule has 1 saturated carbocycles. The zero-order valence-corrected chi connectivity index (χ0v) is 9.00. The molecule has 82 valence electrons. The van der Waals surface area contributed by atoms with Gasteiger partial charge in [-0.2, -0.15) is 0 Å². The number of nitrogens with two attached hydrogens (primary N) is 1. The molecule has 1 aliphatic carbocycles. The van der Waals surface area contributed by atoms with Crippen LogP contribution in [-0.4, -0.2) is 44.3 Å². The predicted molar refractivity (Wildman–Crippen MR) is 57.2 cm³/mol. The van der Waals surface area contributed by atoms with Crippen LogP contribution in [0.2, 0.25) is 0 Å². The number of morpholine rings is 1. The number of rotatable bonds is 5. The normalized spacial score (nSPS) is 26.4. The van der Waals surface area contributed by atoms with Crippen molar-refractivity contribution in [1.29, 1.82) is 0 Å². The fourth-order valence-electron chi connectivity index (χ4n) is 2.24. The average Bonchev–Trinajstić information content (AvgIpc) is 3.00. The minimum Gasteiger partial charge on any atom is -0.379 e. The molecule has 0 unspecified atom stereocenters. The Morgan fingerprint density at radius 2 is 1.93 bits per heavy atom. The van der Waals surface area contributed by atoms with Gasteiger partial charge < -0.3 is 10.5 Å². The first-order chi connectivity index (χ1) is 6.85. The van der Waals surface area contributed by atoms with Crippen LogP contribution in [0.4, 0.5) is 0 Å². The van der Waals surface area contributed by atoms with E-state index in [1.165, 1.54) is 32.2 Å². The number of ether oxygens (including phenoxy) is 1. The van der Waals surface area contributed by atoms with Gasteiger partial charge in [-0.05, 0) is 44.2 Å². The molecule has 3 nitrogen and oxygen atoms in total. The Morgan fingerprint density at radius 1 is 1.21 bits per heavy atom. The van der Waals surface area contributed by atoms with E-state index in [1.807, 2.05) is 0 Å². The minimum atomic E-state index is 0.562. The molecule has 1 aliphatic heterocycles. The number of nitrogens with zero attached hydrogens (tertiary/aromatic N) is 1. The Kier molecular flexibility index (Phi) is 3.42. The molecule has 2 fully saturated rings. The molecule has 14 heavy (non-hydrogen) atoms. The lowest BCUT2D eigenvalue weighted by Gasteiger charge is -2.27. The lowest BCUT2D eigenvalue weighted by Crippen LogP contribution is -2.37. The quantitative estimate of drug-likeness (QED) is 0.711. The standard InChI is InChI=1S/C11H22N2O/c12-10-11(3-4-11)2-1-5-13-6-8-14-9-7-13/h1-10,12H2. The van der Waals surface area contributed by atoms with Gasteiger partial charge in [0.15, 0.2) is 0 Å². The highest BCUT2D eigenvalue weighted by Crippen LogP contribution is 2.48. The fourth-order valence-corrected chi connectivity index (χ4v) is 2.24. The number of hydrogen-bond donors (Lipinski definition) is 1. The van der Waals surface area contributed by atoms with Gasteiger partial charge in [-0.1, -0.05) is 0 Å². The molecular weight excluding hydrogens is 176 g/mol. The second kappa shape index (κ2) is 4.60. The van der Waals surface area contributed by atoms with Crippen molar-refractivity contribution in [2.45, 2.75) is 25.7 Å². The van der Waals surface area contributed by atoms with E-state index in [1.54, 1.807) is 0 Å². The van der Waals surface area contributed by atoms with E-state index >= 15 is 0 Å². The molecule has 0 aromatic rings. The highest BCUT2D eigenvalue weighted by Gasteiger charge is 2.40. The van der Waals surface area contributed by atoms with E-state index in [0.717, 1.165) is 32.8 Å². The monoisotopic (exact) mass is 198 g/mol. The summed E-state index contributed by atoms with van der Waals surface area (Å²) in [6, 6.07) is 0. The Bertz CT molecular complexity index is 174. The Hall–Kier alpha value is -0.120. The van der Waals surface area contributed by atoms with Crippen LogP contribution in [0.1, 0.15) is 25.7 Å². The summed E-state index contributed by atoms with van der Waals surface area (Å²) in [5.74, 6) is 0. The zero-order chi connectivity index (χ0) is 9.86. The van der Waals surface area contributed by atoms with E-state index in [2.05, 4.69) is 4.90 Å². The fraction of sp³-hybridized carbons (Fsp3) is 1.00. The smallest absolute Gasteiger partial charge is 0.0594 e. The average molecular weight is 198 g/mol. The van der Waals surface area contributed by atoms with Crippen LogP contribution in [0.15, 0.2) is 0 Å². The van der Waals surface area contributed by atoms with Crippen molar-refractivity contribution in [3.8, 4) is 0 Å². The van der Waals surface area contributed by atoms with Gasteiger partial charge in [-0.15, -0.1) is 0 Å². The molecule has 0 radical (unpaired) electrons. The topological polar surface area (TPSA) is 38.5 Å². The third-order valence-electron chi connectivity index (χ3n) is 3.68. The van der Waals surface area contributed by atoms with Crippen molar-refractivity contribution >= 4 is 0 Å². The van der Waals surface area contributed by atoms with Crippen LogP contribution in [0.5, 0.6) is 0 Å². The largest absolute Gasteiger partial charge is 0.379 e. The lowest BCUT2D eigenvalue weighted by atomic mass is 10.0. The Morgan fingerprint density at radius 3 is 2.50 bits per heavy atom. The molecule has 0 aromatic carbocycles. The van der Waals surface area contributed by atoms with Crippen molar-refractivity contribution in [3.05, 3.63) is 0 Å². The molecular formula is C11H22N2O. The molecule has 2 aliphatic rings. The van der Waals surface area contributed by atoms with Gasteiger partial charge in [0, 0.05) is 13.1 Å². The SMILES string of the molecule is NCC1(CCCN2CCOCC2)CC1. The van der Waals surface area contributed by atoms with Crippen LogP contribution < -0.4 is 5.73 Å². The summed E-state index contributed by atoms with van der Waals surface area (Å²) >= 11 is 0. The molecule has 2 rings (SSSR count). The van der Waals surface area contributed by atoms with Gasteiger partial charge >= 0.3 is 0 Å². The molecule has 0 bridgehead atoms. The van der Waals surface area contributed by atoms with E-state index in [-0.39, 0.29) is 0 Å². The molecule has 0 aromatic heterocycles. The van der Waals surface area contributed by atoms with Gasteiger partial charge in [0.25, 0.3) is 0 Å². The maximum atomic E-state index is 5.75. The second-order valence-electron chi connectivity index (χ2n) is 4.76. The van der Waals surface area contributed by atoms with E-state index < -0.39 is 0 Å². The summed E-state index contributed by atoms with van der Waals surface area (Å²) in [5.41, 5.74) is 6.32. The Balaban J connectivity index is 1.58. The molecule has 1 saturated heterocycles. The first-order valence-electron chi connectivity index (χ1n) is 5.85. The van der Waals surface area contributed by atoms with Crippen LogP contribution in [0.3, 0.4) is 0 Å². The molecule has 3 heteroatoms. The van der Waals surface area contributed by atoms with E-state index in [4.69, 9.17) is 10.5 Å². The van der Waals surface area contributed by atoms with Crippen molar-refractivity contribution in [3.63, 3.8) is 0 Å². The summed E-state index contributed by atoms with van der Waals surface area (Å²) in [4.78, 5) is 2.51. The summed E-state index contributed by atoms with van der Waals surface area (Å²) in [6.07, 6.45) is 5.39. The third-order valence-corrected chi connectivity index (χ3v) is 3.68. The van der Waals surface area contributed by atoms with Gasteiger partial charge in [-0.3, -0.25) is 4.90 Å². The van der Waals surface area contributed by atoms with Crippen molar-refractivity contribution in [1.82, 2.24) is 4.90 Å². The van der Waals surface area contributed by atoms with E-state index in [9.17, 15) is 0 Å². The van der Waals surface area contributed by atoms with Gasteiger partial charge in [-0.25, -0.2) is 0 Å². The highest BCUT2D eigenvalue weighted by molar-refractivity contribution is 4.93. The van der Waals surface area contributed by atoms with E-state index in [0.29, 0.717) is 5.41 Å². The molecule has 1 heterocycles. The summed E-state index contributed by atoms with van der Waals surface area (Å²) in [6.45, 7) is 6.22. The van der Waals surface area contributed by atoms with Crippen molar-refractivity contribution in [2.24, 2.45) is 11.1 Å². The highest BCUT2D eigenvalue weighted by atomic mass is 16.5. The minimum absolute atomic E-state index is 0.562. The zero-order valence-electron chi connectivity index (χ0n) is 9.00. The van der Waals surface area contributed by atoms with Crippen LogP contribution in [0.25, 0.3) is 0 Å². The first kappa shape index (κ1) is 10.4. The first-order valence-corrected chi connectivity index (χ1v) is 5.85. The molecule has 0 amide bonds. The molecule has 0 atom stereocenters. The van der Waals surface area contributed by atoms with Crippen molar-refractivity contribution in [2.75, 3.05) is 39.4 Å². The van der Waals surface area contributed by atoms with Gasteiger partial charge in [0.05, 0.1) is 13.2 Å². The predicted octanol–water partition coefficient (Wildman–Crippen LogP) is 0.838. The second-order valence-corrected chi connectivity index (χ2v) is 4.76. The van der Waals surface area contributed by atoms with Crippen LogP contribution >= 0.6 is 0 Å². The Labute approximate surface area is 86.6 Å². The van der Waals surface area contributed by atoms with Crippen molar-refractivity contribution < 1.29 is 4.74 Å². The summed E-state index contributed by atoms with van der Waals surface area (Å²) in [7, 11) is 0. The third kappa shape index (κ3) is 2.69. The maximum absolute atomic E-state index is 5.75. The van der Waals surface area contributed by atoms with Crippen LogP contribution in [0, 0.1) is 5.41 Å². The molecule has 0 spiro atoms. The van der Waals surface area contributed by atoms with Crippen LogP contribution in [-0.2, 0) is 4.74 Å². The summed E-state index contributed by atoms with van der Waals surface area (Å²) in [5, 5.41) is 0. The van der Waals surface area contributed by atoms with Gasteiger partial charge in [0.2, 0.25) is 0 Å². The summed E-state index contributed by atoms with van der Waals surface area (Å²) < 4.78 is 5.32. The molecule has 2 N–H and O–H groups in total. The number of hydrogen-bond acceptors (Lipinski definition) is 3.